The van der Waals surface area contributed by atoms with Gasteiger partial charge in [-0.15, -0.1) is 5.10 Å². The summed E-state index contributed by atoms with van der Waals surface area (Å²) in [4.78, 5) is 17.6. The van der Waals surface area contributed by atoms with Crippen LogP contribution in [0.1, 0.15) is 18.0 Å². The highest BCUT2D eigenvalue weighted by Gasteiger charge is 2.63. The van der Waals surface area contributed by atoms with Crippen LogP contribution in [-0.2, 0) is 23.7 Å². The number of aryl methyl sites for hydroxylation is 1. The van der Waals surface area contributed by atoms with Gasteiger partial charge < -0.3 is 9.42 Å². The molecule has 1 saturated heterocycles. The fourth-order valence-corrected chi connectivity index (χ4v) is 3.42. The summed E-state index contributed by atoms with van der Waals surface area (Å²) in [5.74, 6) is -1.68. The summed E-state index contributed by atoms with van der Waals surface area (Å²) in [5, 5.41) is 11.0. The van der Waals surface area contributed by atoms with Gasteiger partial charge in [-0.1, -0.05) is 10.4 Å². The van der Waals surface area contributed by atoms with Crippen molar-refractivity contribution in [1.29, 1.82) is 0 Å². The maximum atomic E-state index is 14.1. The number of halogens is 4. The molecule has 4 rings (SSSR count). The van der Waals surface area contributed by atoms with Crippen LogP contribution in [0, 0.1) is 5.82 Å². The van der Waals surface area contributed by atoms with E-state index in [0.717, 1.165) is 17.0 Å². The van der Waals surface area contributed by atoms with Crippen molar-refractivity contribution >= 4 is 5.91 Å². The monoisotopic (exact) mass is 424 g/mol. The summed E-state index contributed by atoms with van der Waals surface area (Å²) in [5.41, 5.74) is -1.67. The summed E-state index contributed by atoms with van der Waals surface area (Å²) in [6, 6.07) is 4.98. The molecule has 1 aromatic carbocycles. The first-order chi connectivity index (χ1) is 14.2. The Hall–Kier alpha value is -3.31. The molecule has 0 saturated carbocycles. The number of amides is 1. The predicted octanol–water partition coefficient (Wildman–Crippen LogP) is 2.28. The fourth-order valence-electron chi connectivity index (χ4n) is 3.42. The lowest BCUT2D eigenvalue weighted by molar-refractivity contribution is -0.193. The number of aromatic nitrogens is 5. The Labute approximate surface area is 167 Å². The van der Waals surface area contributed by atoms with Crippen molar-refractivity contribution < 1.29 is 26.9 Å². The van der Waals surface area contributed by atoms with Gasteiger partial charge in [-0.2, -0.15) is 18.2 Å². The van der Waals surface area contributed by atoms with Gasteiger partial charge in [0.1, 0.15) is 5.82 Å². The van der Waals surface area contributed by atoms with E-state index in [4.69, 9.17) is 4.52 Å². The summed E-state index contributed by atoms with van der Waals surface area (Å²) in [6.45, 7) is -0.746. The zero-order valence-electron chi connectivity index (χ0n) is 15.7. The van der Waals surface area contributed by atoms with Gasteiger partial charge in [0.25, 0.3) is 0 Å². The van der Waals surface area contributed by atoms with Crippen molar-refractivity contribution in [2.75, 3.05) is 13.1 Å². The lowest BCUT2D eigenvalue weighted by Crippen LogP contribution is -2.46. The largest absolute Gasteiger partial charge is 0.405 e. The van der Waals surface area contributed by atoms with Crippen LogP contribution in [0.15, 0.2) is 35.0 Å². The van der Waals surface area contributed by atoms with Crippen molar-refractivity contribution in [3.05, 3.63) is 47.9 Å². The zero-order valence-corrected chi connectivity index (χ0v) is 15.7. The molecule has 12 heteroatoms. The average molecular weight is 424 g/mol. The van der Waals surface area contributed by atoms with Crippen molar-refractivity contribution in [2.24, 2.45) is 7.05 Å². The average Bonchev–Trinajstić information content (AvgIpc) is 3.42. The summed E-state index contributed by atoms with van der Waals surface area (Å²) >= 11 is 0. The van der Waals surface area contributed by atoms with Gasteiger partial charge >= 0.3 is 6.18 Å². The third-order valence-corrected chi connectivity index (χ3v) is 5.24. The second-order valence-corrected chi connectivity index (χ2v) is 7.10. The Bertz CT molecular complexity index is 1060. The number of benzene rings is 1. The predicted molar refractivity (Wildman–Crippen MR) is 93.3 cm³/mol. The molecule has 30 heavy (non-hydrogen) atoms. The molecule has 0 aliphatic carbocycles. The first-order valence-electron chi connectivity index (χ1n) is 8.98. The van der Waals surface area contributed by atoms with E-state index in [-0.39, 0.29) is 18.8 Å². The second kappa shape index (κ2) is 7.18. The standard InChI is InChI=1S/C18H16F4N6O2/c1-27-13(9-23-26-27)8-14(29)28-7-6-17(10-28,18(20,21)22)16-24-15(25-30-16)11-2-4-12(19)5-3-11/h2-5,9H,6-8,10H2,1H3. The maximum absolute atomic E-state index is 14.1. The Morgan fingerprint density at radius 3 is 2.63 bits per heavy atom. The van der Waals surface area contributed by atoms with Crippen LogP contribution in [0.25, 0.3) is 11.4 Å². The van der Waals surface area contributed by atoms with Gasteiger partial charge in [0, 0.05) is 25.7 Å². The number of hydrogen-bond acceptors (Lipinski definition) is 6. The number of alkyl halides is 3. The molecule has 158 valence electrons. The first kappa shape index (κ1) is 20.0. The molecule has 1 aliphatic rings. The molecule has 1 atom stereocenters. The van der Waals surface area contributed by atoms with E-state index in [2.05, 4.69) is 20.5 Å². The molecule has 0 bridgehead atoms. The van der Waals surface area contributed by atoms with Gasteiger partial charge in [-0.25, -0.2) is 4.39 Å². The Kier molecular flexibility index (Phi) is 4.79. The Morgan fingerprint density at radius 1 is 1.27 bits per heavy atom. The maximum Gasteiger partial charge on any atom is 0.405 e. The second-order valence-electron chi connectivity index (χ2n) is 7.10. The van der Waals surface area contributed by atoms with Crippen LogP contribution < -0.4 is 0 Å². The highest BCUT2D eigenvalue weighted by atomic mass is 19.4. The van der Waals surface area contributed by atoms with Crippen LogP contribution in [0.2, 0.25) is 0 Å². The number of likely N-dealkylation sites (tertiary alicyclic amines) is 1. The quantitative estimate of drug-likeness (QED) is 0.597. The molecule has 1 fully saturated rings. The third-order valence-electron chi connectivity index (χ3n) is 5.24. The molecule has 1 unspecified atom stereocenters. The summed E-state index contributed by atoms with van der Waals surface area (Å²) < 4.78 is 61.8. The van der Waals surface area contributed by atoms with Crippen LogP contribution >= 0.6 is 0 Å². The highest BCUT2D eigenvalue weighted by Crippen LogP contribution is 2.47. The molecule has 2 aromatic heterocycles. The minimum Gasteiger partial charge on any atom is -0.341 e. The van der Waals surface area contributed by atoms with Crippen LogP contribution in [0.4, 0.5) is 17.6 Å². The van der Waals surface area contributed by atoms with Crippen molar-refractivity contribution in [3.8, 4) is 11.4 Å². The smallest absolute Gasteiger partial charge is 0.341 e. The van der Waals surface area contributed by atoms with Crippen LogP contribution in [-0.4, -0.2) is 55.2 Å². The van der Waals surface area contributed by atoms with Crippen molar-refractivity contribution in [1.82, 2.24) is 30.0 Å². The van der Waals surface area contributed by atoms with Gasteiger partial charge in [-0.05, 0) is 30.7 Å². The normalized spacial score (nSPS) is 19.4. The van der Waals surface area contributed by atoms with Crippen molar-refractivity contribution in [3.63, 3.8) is 0 Å². The van der Waals surface area contributed by atoms with Crippen molar-refractivity contribution in [2.45, 2.75) is 24.4 Å². The van der Waals surface area contributed by atoms with E-state index < -0.39 is 42.2 Å². The Morgan fingerprint density at radius 2 is 2.00 bits per heavy atom. The summed E-state index contributed by atoms with van der Waals surface area (Å²) in [6.07, 6.45) is -3.86. The Balaban J connectivity index is 1.60. The number of hydrogen-bond donors (Lipinski definition) is 0. The van der Waals surface area contributed by atoms with Gasteiger partial charge in [-0.3, -0.25) is 9.48 Å². The zero-order chi connectivity index (χ0) is 21.5. The minimum atomic E-state index is -4.72. The number of carbonyl (C=O) groups is 1. The lowest BCUT2D eigenvalue weighted by atomic mass is 9.86. The van der Waals surface area contributed by atoms with Gasteiger partial charge in [0.15, 0.2) is 5.41 Å². The first-order valence-corrected chi connectivity index (χ1v) is 8.98. The molecule has 8 nitrogen and oxygen atoms in total. The lowest BCUT2D eigenvalue weighted by Gasteiger charge is -2.27. The molecule has 0 N–H and O–H groups in total. The fraction of sp³-hybridized carbons (Fsp3) is 0.389. The summed E-state index contributed by atoms with van der Waals surface area (Å²) in [7, 11) is 1.59. The molecular weight excluding hydrogens is 408 g/mol. The van der Waals surface area contributed by atoms with Gasteiger partial charge in [0.2, 0.25) is 17.6 Å². The molecular formula is C18H16F4N6O2. The molecule has 1 aliphatic heterocycles. The van der Waals surface area contributed by atoms with Gasteiger partial charge in [0.05, 0.1) is 18.3 Å². The molecule has 0 spiro atoms. The topological polar surface area (TPSA) is 89.9 Å². The van der Waals surface area contributed by atoms with E-state index in [1.165, 1.54) is 23.0 Å². The SMILES string of the molecule is Cn1nncc1CC(=O)N1CCC(c2nc(-c3ccc(F)cc3)no2)(C(F)(F)F)C1. The molecule has 1 amide bonds. The number of nitrogens with zero attached hydrogens (tertiary/aromatic N) is 6. The highest BCUT2D eigenvalue weighted by molar-refractivity contribution is 5.78. The van der Waals surface area contributed by atoms with E-state index in [1.54, 1.807) is 7.05 Å². The minimum absolute atomic E-state index is 0.0839. The van der Waals surface area contributed by atoms with Crippen LogP contribution in [0.3, 0.4) is 0 Å². The van der Waals surface area contributed by atoms with E-state index in [0.29, 0.717) is 11.3 Å². The van der Waals surface area contributed by atoms with E-state index in [9.17, 15) is 22.4 Å². The molecule has 3 heterocycles. The molecule has 0 radical (unpaired) electrons. The van der Waals surface area contributed by atoms with E-state index >= 15 is 0 Å². The molecule has 3 aromatic rings. The number of rotatable bonds is 4. The van der Waals surface area contributed by atoms with E-state index in [1.807, 2.05) is 0 Å². The number of carbonyl (C=O) groups excluding carboxylic acids is 1. The third kappa shape index (κ3) is 3.42. The van der Waals surface area contributed by atoms with Crippen LogP contribution in [0.5, 0.6) is 0 Å².